The first-order valence-electron chi connectivity index (χ1n) is 6.06. The molecule has 1 aliphatic rings. The van der Waals surface area contributed by atoms with E-state index in [2.05, 4.69) is 17.4 Å². The van der Waals surface area contributed by atoms with E-state index in [1.807, 2.05) is 0 Å². The van der Waals surface area contributed by atoms with E-state index < -0.39 is 0 Å². The number of carbonyl (C=O) groups is 1. The number of carbonyl (C=O) groups excluding carboxylic acids is 1. The van der Waals surface area contributed by atoms with Crippen molar-refractivity contribution in [2.45, 2.75) is 44.9 Å². The molecule has 1 aliphatic carbocycles. The van der Waals surface area contributed by atoms with Crippen LogP contribution in [0.4, 0.5) is 0 Å². The molecule has 1 saturated carbocycles. The summed E-state index contributed by atoms with van der Waals surface area (Å²) in [7, 11) is 0. The zero-order valence-corrected chi connectivity index (χ0v) is 9.66. The Morgan fingerprint density at radius 2 is 2.38 bits per heavy atom. The quantitative estimate of drug-likeness (QED) is 0.752. The minimum atomic E-state index is -0.119. The maximum atomic E-state index is 11.6. The maximum absolute atomic E-state index is 11.6. The number of aromatic nitrogens is 1. The molecule has 0 unspecified atom stereocenters. The highest BCUT2D eigenvalue weighted by molar-refractivity contribution is 5.92. The van der Waals surface area contributed by atoms with Gasteiger partial charge in [0, 0.05) is 18.5 Å². The molecule has 0 spiro atoms. The number of amides is 1. The van der Waals surface area contributed by atoms with Gasteiger partial charge in [-0.3, -0.25) is 4.79 Å². The van der Waals surface area contributed by atoms with Crippen LogP contribution in [-0.2, 0) is 0 Å². The van der Waals surface area contributed by atoms with E-state index in [0.29, 0.717) is 11.6 Å². The van der Waals surface area contributed by atoms with Gasteiger partial charge >= 0.3 is 0 Å². The number of nitrogens with one attached hydrogen (secondary N) is 1. The van der Waals surface area contributed by atoms with Crippen molar-refractivity contribution in [3.05, 3.63) is 17.5 Å². The van der Waals surface area contributed by atoms with E-state index in [4.69, 9.17) is 4.52 Å². The number of hydrogen-bond acceptors (Lipinski definition) is 3. The number of nitrogens with zero attached hydrogens (tertiary/aromatic N) is 1. The van der Waals surface area contributed by atoms with Gasteiger partial charge in [-0.05, 0) is 19.3 Å². The Kier molecular flexibility index (Phi) is 3.59. The lowest BCUT2D eigenvalue weighted by molar-refractivity contribution is 0.0944. The molecule has 88 valence electrons. The standard InChI is InChI=1S/C12H18N2O2/c1-2-3-4-7-13-12(15)10-8-11(16-14-10)9-5-6-9/h8-9H,2-7H2,1H3,(H,13,15). The molecule has 1 aromatic rings. The van der Waals surface area contributed by atoms with Crippen LogP contribution in [0.3, 0.4) is 0 Å². The highest BCUT2D eigenvalue weighted by Crippen LogP contribution is 2.40. The number of rotatable bonds is 6. The van der Waals surface area contributed by atoms with Crippen molar-refractivity contribution in [1.29, 1.82) is 0 Å². The van der Waals surface area contributed by atoms with Crippen LogP contribution >= 0.6 is 0 Å². The third kappa shape index (κ3) is 2.84. The molecular formula is C12H18N2O2. The lowest BCUT2D eigenvalue weighted by Crippen LogP contribution is -2.24. The summed E-state index contributed by atoms with van der Waals surface area (Å²) < 4.78 is 5.13. The van der Waals surface area contributed by atoms with Gasteiger partial charge in [-0.2, -0.15) is 0 Å². The molecule has 1 heterocycles. The largest absolute Gasteiger partial charge is 0.360 e. The molecule has 1 N–H and O–H groups in total. The molecule has 0 radical (unpaired) electrons. The molecule has 1 fully saturated rings. The Morgan fingerprint density at radius 1 is 1.56 bits per heavy atom. The van der Waals surface area contributed by atoms with Crippen LogP contribution in [0.1, 0.15) is 61.2 Å². The second kappa shape index (κ2) is 5.14. The second-order valence-corrected chi connectivity index (χ2v) is 4.35. The second-order valence-electron chi connectivity index (χ2n) is 4.35. The van der Waals surface area contributed by atoms with Crippen LogP contribution in [0.15, 0.2) is 10.6 Å². The Bertz CT molecular complexity index is 356. The maximum Gasteiger partial charge on any atom is 0.273 e. The smallest absolute Gasteiger partial charge is 0.273 e. The summed E-state index contributed by atoms with van der Waals surface area (Å²) in [5.41, 5.74) is 0.415. The van der Waals surface area contributed by atoms with Crippen LogP contribution in [0, 0.1) is 0 Å². The van der Waals surface area contributed by atoms with Crippen LogP contribution in [0.5, 0.6) is 0 Å². The summed E-state index contributed by atoms with van der Waals surface area (Å²) in [6.45, 7) is 2.86. The average Bonchev–Trinajstić information content (AvgIpc) is 3.02. The molecule has 0 aliphatic heterocycles. The van der Waals surface area contributed by atoms with E-state index in [9.17, 15) is 4.79 Å². The van der Waals surface area contributed by atoms with Gasteiger partial charge in [0.15, 0.2) is 5.69 Å². The topological polar surface area (TPSA) is 55.1 Å². The Labute approximate surface area is 95.4 Å². The lowest BCUT2D eigenvalue weighted by atomic mass is 10.2. The molecule has 1 aromatic heterocycles. The van der Waals surface area contributed by atoms with Crippen molar-refractivity contribution in [2.75, 3.05) is 6.54 Å². The van der Waals surface area contributed by atoms with Crippen molar-refractivity contribution in [2.24, 2.45) is 0 Å². The van der Waals surface area contributed by atoms with Crippen LogP contribution in [0.25, 0.3) is 0 Å². The lowest BCUT2D eigenvalue weighted by Gasteiger charge is -2.00. The van der Waals surface area contributed by atoms with Gasteiger partial charge < -0.3 is 9.84 Å². The first-order chi connectivity index (χ1) is 7.81. The molecule has 0 bridgehead atoms. The van der Waals surface area contributed by atoms with E-state index in [-0.39, 0.29) is 5.91 Å². The fraction of sp³-hybridized carbons (Fsp3) is 0.667. The Balaban J connectivity index is 1.78. The molecule has 16 heavy (non-hydrogen) atoms. The van der Waals surface area contributed by atoms with Crippen molar-refractivity contribution in [3.8, 4) is 0 Å². The molecule has 2 rings (SSSR count). The van der Waals surface area contributed by atoms with Crippen molar-refractivity contribution < 1.29 is 9.32 Å². The van der Waals surface area contributed by atoms with Gasteiger partial charge in [0.25, 0.3) is 5.91 Å². The van der Waals surface area contributed by atoms with E-state index in [1.54, 1.807) is 6.07 Å². The summed E-state index contributed by atoms with van der Waals surface area (Å²) in [6.07, 6.45) is 5.65. The van der Waals surface area contributed by atoms with Gasteiger partial charge in [-0.1, -0.05) is 24.9 Å². The Morgan fingerprint density at radius 3 is 3.06 bits per heavy atom. The predicted octanol–water partition coefficient (Wildman–Crippen LogP) is 2.47. The normalized spacial score (nSPS) is 15.1. The molecule has 0 atom stereocenters. The summed E-state index contributed by atoms with van der Waals surface area (Å²) in [6, 6.07) is 1.77. The first kappa shape index (κ1) is 11.2. The minimum Gasteiger partial charge on any atom is -0.360 e. The minimum absolute atomic E-state index is 0.119. The van der Waals surface area contributed by atoms with E-state index in [0.717, 1.165) is 44.4 Å². The predicted molar refractivity (Wildman–Crippen MR) is 60.3 cm³/mol. The van der Waals surface area contributed by atoms with Crippen molar-refractivity contribution in [1.82, 2.24) is 10.5 Å². The average molecular weight is 222 g/mol. The summed E-state index contributed by atoms with van der Waals surface area (Å²) >= 11 is 0. The zero-order chi connectivity index (χ0) is 11.4. The van der Waals surface area contributed by atoms with Crippen LogP contribution in [-0.4, -0.2) is 17.6 Å². The molecule has 0 saturated heterocycles. The van der Waals surface area contributed by atoms with Crippen molar-refractivity contribution >= 4 is 5.91 Å². The van der Waals surface area contributed by atoms with Gasteiger partial charge in [0.2, 0.25) is 0 Å². The van der Waals surface area contributed by atoms with Gasteiger partial charge in [-0.25, -0.2) is 0 Å². The van der Waals surface area contributed by atoms with Crippen LogP contribution in [0.2, 0.25) is 0 Å². The molecule has 1 amide bonds. The third-order valence-electron chi connectivity index (χ3n) is 2.81. The number of hydrogen-bond donors (Lipinski definition) is 1. The highest BCUT2D eigenvalue weighted by Gasteiger charge is 2.28. The molecule has 4 heteroatoms. The number of unbranched alkanes of at least 4 members (excludes halogenated alkanes) is 2. The molecule has 0 aromatic carbocycles. The third-order valence-corrected chi connectivity index (χ3v) is 2.81. The van der Waals surface area contributed by atoms with Gasteiger partial charge in [-0.15, -0.1) is 0 Å². The first-order valence-corrected chi connectivity index (χ1v) is 6.06. The van der Waals surface area contributed by atoms with Gasteiger partial charge in [0.1, 0.15) is 5.76 Å². The fourth-order valence-electron chi connectivity index (χ4n) is 1.62. The zero-order valence-electron chi connectivity index (χ0n) is 9.66. The summed E-state index contributed by atoms with van der Waals surface area (Å²) in [5, 5.41) is 6.63. The SMILES string of the molecule is CCCCCNC(=O)c1cc(C2CC2)on1. The Hall–Kier alpha value is -1.32. The fourth-order valence-corrected chi connectivity index (χ4v) is 1.62. The molecule has 4 nitrogen and oxygen atoms in total. The van der Waals surface area contributed by atoms with Crippen LogP contribution < -0.4 is 5.32 Å². The van der Waals surface area contributed by atoms with E-state index >= 15 is 0 Å². The monoisotopic (exact) mass is 222 g/mol. The van der Waals surface area contributed by atoms with Gasteiger partial charge in [0.05, 0.1) is 0 Å². The highest BCUT2D eigenvalue weighted by atomic mass is 16.5. The summed E-state index contributed by atoms with van der Waals surface area (Å²) in [5.74, 6) is 1.25. The molecular weight excluding hydrogens is 204 g/mol. The van der Waals surface area contributed by atoms with Crippen molar-refractivity contribution in [3.63, 3.8) is 0 Å². The summed E-state index contributed by atoms with van der Waals surface area (Å²) in [4.78, 5) is 11.6. The van der Waals surface area contributed by atoms with E-state index in [1.165, 1.54) is 0 Å².